The molecule has 0 atom stereocenters. The van der Waals surface area contributed by atoms with Crippen molar-refractivity contribution in [2.75, 3.05) is 6.50 Å². The van der Waals surface area contributed by atoms with Gasteiger partial charge in [0.25, 0.3) is 0 Å². The molecule has 0 aromatic rings. The van der Waals surface area contributed by atoms with E-state index in [-0.39, 0.29) is 6.42 Å². The predicted molar refractivity (Wildman–Crippen MR) is 33.6 cm³/mol. The standard InChI is InChI=1S/C5H12ClN/c1-5(2,6)3-4-7/h3-4,7H2,1-2H3/i4D2. The fourth-order valence-corrected chi connectivity index (χ4v) is 0.320. The van der Waals surface area contributed by atoms with Crippen LogP contribution in [0.25, 0.3) is 0 Å². The van der Waals surface area contributed by atoms with Crippen LogP contribution in [0.1, 0.15) is 23.0 Å². The summed E-state index contributed by atoms with van der Waals surface area (Å²) in [6, 6.07) is 0. The van der Waals surface area contributed by atoms with Gasteiger partial charge in [0.2, 0.25) is 0 Å². The van der Waals surface area contributed by atoms with Crippen LogP contribution in [0.15, 0.2) is 0 Å². The van der Waals surface area contributed by atoms with Crippen molar-refractivity contribution >= 4 is 11.6 Å². The van der Waals surface area contributed by atoms with E-state index in [4.69, 9.17) is 20.1 Å². The van der Waals surface area contributed by atoms with Gasteiger partial charge >= 0.3 is 0 Å². The highest BCUT2D eigenvalue weighted by Gasteiger charge is 2.09. The van der Waals surface area contributed by atoms with Crippen molar-refractivity contribution in [1.29, 1.82) is 0 Å². The molecule has 0 aromatic heterocycles. The quantitative estimate of drug-likeness (QED) is 0.552. The third-order valence-corrected chi connectivity index (χ3v) is 0.656. The Bertz CT molecular complexity index is 80.1. The molecule has 1 nitrogen and oxygen atoms in total. The number of hydrogen-bond donors (Lipinski definition) is 1. The third-order valence-electron chi connectivity index (χ3n) is 0.522. The largest absolute Gasteiger partial charge is 0.330 e. The lowest BCUT2D eigenvalue weighted by Gasteiger charge is -2.12. The average molecular weight is 124 g/mol. The molecule has 0 fully saturated rings. The summed E-state index contributed by atoms with van der Waals surface area (Å²) in [4.78, 5) is -0.543. The average Bonchev–Trinajstić information content (AvgIpc) is 1.14. The smallest absolute Gasteiger partial charge is 0.0426 e. The summed E-state index contributed by atoms with van der Waals surface area (Å²) in [5.41, 5.74) is 5.07. The van der Waals surface area contributed by atoms with Crippen molar-refractivity contribution in [3.8, 4) is 0 Å². The highest BCUT2D eigenvalue weighted by Crippen LogP contribution is 2.15. The van der Waals surface area contributed by atoms with Gasteiger partial charge in [-0.1, -0.05) is 0 Å². The number of nitrogens with two attached hydrogens (primary N) is 1. The second kappa shape index (κ2) is 2.53. The summed E-state index contributed by atoms with van der Waals surface area (Å²) in [6.45, 7) is 1.82. The predicted octanol–water partition coefficient (Wildman–Crippen LogP) is 1.35. The summed E-state index contributed by atoms with van der Waals surface area (Å²) in [6.07, 6.45) is 0.168. The topological polar surface area (TPSA) is 26.0 Å². The Morgan fingerprint density at radius 1 is 1.86 bits per heavy atom. The lowest BCUT2D eigenvalue weighted by atomic mass is 10.1. The van der Waals surface area contributed by atoms with Gasteiger partial charge in [-0.05, 0) is 26.8 Å². The summed E-state index contributed by atoms with van der Waals surface area (Å²) < 4.78 is 13.9. The monoisotopic (exact) mass is 123 g/mol. The zero-order valence-electron chi connectivity index (χ0n) is 6.66. The number of rotatable bonds is 2. The van der Waals surface area contributed by atoms with Crippen LogP contribution in [0.4, 0.5) is 0 Å². The maximum absolute atomic E-state index is 6.95. The van der Waals surface area contributed by atoms with E-state index in [0.717, 1.165) is 0 Å². The molecule has 0 heterocycles. The summed E-state index contributed by atoms with van der Waals surface area (Å²) in [5, 5.41) is 0. The minimum Gasteiger partial charge on any atom is -0.330 e. The summed E-state index contributed by atoms with van der Waals surface area (Å²) >= 11 is 5.70. The minimum absolute atomic E-state index is 0.168. The van der Waals surface area contributed by atoms with E-state index < -0.39 is 11.4 Å². The van der Waals surface area contributed by atoms with Gasteiger partial charge in [0.1, 0.15) is 0 Å². The van der Waals surface area contributed by atoms with Gasteiger partial charge in [-0.2, -0.15) is 0 Å². The van der Waals surface area contributed by atoms with Crippen LogP contribution in [0.5, 0.6) is 0 Å². The Morgan fingerprint density at radius 2 is 2.29 bits per heavy atom. The highest BCUT2D eigenvalue weighted by atomic mass is 35.5. The zero-order chi connectivity index (χ0) is 7.71. The molecule has 0 radical (unpaired) electrons. The SMILES string of the molecule is [2H]C([2H])(N)CC(C)(C)Cl. The Labute approximate surface area is 52.7 Å². The second-order valence-electron chi connectivity index (χ2n) is 2.10. The van der Waals surface area contributed by atoms with Crippen molar-refractivity contribution in [3.63, 3.8) is 0 Å². The van der Waals surface area contributed by atoms with Crippen LogP contribution < -0.4 is 5.73 Å². The van der Waals surface area contributed by atoms with Gasteiger partial charge in [-0.3, -0.25) is 0 Å². The summed E-state index contributed by atoms with van der Waals surface area (Å²) in [7, 11) is 0. The third kappa shape index (κ3) is 6.25. The van der Waals surface area contributed by atoms with Crippen molar-refractivity contribution in [3.05, 3.63) is 0 Å². The molecular weight excluding hydrogens is 110 g/mol. The van der Waals surface area contributed by atoms with E-state index in [1.165, 1.54) is 0 Å². The molecule has 0 saturated heterocycles. The van der Waals surface area contributed by atoms with Crippen molar-refractivity contribution in [1.82, 2.24) is 0 Å². The molecule has 0 aromatic carbocycles. The molecule has 0 aliphatic carbocycles. The maximum atomic E-state index is 6.95. The molecule has 0 aliphatic heterocycles. The lowest BCUT2D eigenvalue weighted by Crippen LogP contribution is -2.16. The van der Waals surface area contributed by atoms with Gasteiger partial charge in [0.15, 0.2) is 0 Å². The van der Waals surface area contributed by atoms with Crippen LogP contribution in [-0.2, 0) is 0 Å². The Kier molecular flexibility index (Phi) is 1.50. The van der Waals surface area contributed by atoms with E-state index in [2.05, 4.69) is 0 Å². The molecule has 0 spiro atoms. The maximum Gasteiger partial charge on any atom is 0.0426 e. The summed E-state index contributed by atoms with van der Waals surface area (Å²) in [5.74, 6) is 0. The van der Waals surface area contributed by atoms with E-state index >= 15 is 0 Å². The lowest BCUT2D eigenvalue weighted by molar-refractivity contribution is 0.637. The van der Waals surface area contributed by atoms with Crippen molar-refractivity contribution in [2.24, 2.45) is 5.73 Å². The first-order valence-corrected chi connectivity index (χ1v) is 2.56. The Morgan fingerprint density at radius 3 is 2.29 bits per heavy atom. The van der Waals surface area contributed by atoms with Crippen LogP contribution in [0.2, 0.25) is 0 Å². The molecule has 0 bridgehead atoms. The fraction of sp³-hybridized carbons (Fsp3) is 1.00. The van der Waals surface area contributed by atoms with Gasteiger partial charge < -0.3 is 5.73 Å². The first-order valence-electron chi connectivity index (χ1n) is 3.18. The van der Waals surface area contributed by atoms with Gasteiger partial charge in [-0.15, -0.1) is 11.6 Å². The molecular formula is C5H12ClN. The molecule has 0 aliphatic rings. The van der Waals surface area contributed by atoms with Crippen LogP contribution in [0.3, 0.4) is 0 Å². The molecule has 2 N–H and O–H groups in total. The van der Waals surface area contributed by atoms with Gasteiger partial charge in [-0.25, -0.2) is 0 Å². The van der Waals surface area contributed by atoms with Crippen LogP contribution >= 0.6 is 11.6 Å². The van der Waals surface area contributed by atoms with Gasteiger partial charge in [0.05, 0.1) is 0 Å². The fourth-order valence-electron chi connectivity index (χ4n) is 0.243. The van der Waals surface area contributed by atoms with Crippen molar-refractivity contribution < 1.29 is 2.74 Å². The highest BCUT2D eigenvalue weighted by molar-refractivity contribution is 6.23. The van der Waals surface area contributed by atoms with Gasteiger partial charge in [0, 0.05) is 7.62 Å². The molecule has 7 heavy (non-hydrogen) atoms. The van der Waals surface area contributed by atoms with E-state index in [9.17, 15) is 0 Å². The molecule has 0 unspecified atom stereocenters. The first kappa shape index (κ1) is 4.16. The molecule has 0 rings (SSSR count). The van der Waals surface area contributed by atoms with Crippen LogP contribution in [0, 0.1) is 0 Å². The first-order chi connectivity index (χ1) is 3.71. The normalized spacial score (nSPS) is 18.3. The zero-order valence-corrected chi connectivity index (χ0v) is 5.42. The Hall–Kier alpha value is 0.250. The van der Waals surface area contributed by atoms with Crippen molar-refractivity contribution in [2.45, 2.75) is 25.1 Å². The molecule has 0 saturated carbocycles. The van der Waals surface area contributed by atoms with E-state index in [1.807, 2.05) is 0 Å². The number of hydrogen-bond acceptors (Lipinski definition) is 1. The molecule has 44 valence electrons. The Balaban J connectivity index is 3.75. The number of halogens is 1. The minimum atomic E-state index is -1.65. The van der Waals surface area contributed by atoms with Crippen LogP contribution in [-0.4, -0.2) is 11.4 Å². The second-order valence-corrected chi connectivity index (χ2v) is 3.12. The number of alkyl halides is 1. The van der Waals surface area contributed by atoms with E-state index in [0.29, 0.717) is 0 Å². The van der Waals surface area contributed by atoms with E-state index in [1.54, 1.807) is 13.8 Å². The molecule has 0 amide bonds. The molecule has 2 heteroatoms.